The van der Waals surface area contributed by atoms with E-state index in [1.165, 1.54) is 4.90 Å². The van der Waals surface area contributed by atoms with Gasteiger partial charge in [0.1, 0.15) is 12.6 Å². The van der Waals surface area contributed by atoms with Gasteiger partial charge in [-0.15, -0.1) is 6.58 Å². The highest BCUT2D eigenvalue weighted by Gasteiger charge is 2.42. The van der Waals surface area contributed by atoms with Gasteiger partial charge in [-0.25, -0.2) is 9.69 Å². The van der Waals surface area contributed by atoms with Gasteiger partial charge in [0.2, 0.25) is 5.91 Å². The minimum Gasteiger partial charge on any atom is -0.446 e. The van der Waals surface area contributed by atoms with Gasteiger partial charge in [-0.3, -0.25) is 4.79 Å². The van der Waals surface area contributed by atoms with Crippen molar-refractivity contribution < 1.29 is 19.1 Å². The molecule has 0 saturated carbocycles. The van der Waals surface area contributed by atoms with Gasteiger partial charge in [0.05, 0.1) is 0 Å². The van der Waals surface area contributed by atoms with E-state index < -0.39 is 6.09 Å². The van der Waals surface area contributed by atoms with Crippen LogP contribution in [0.25, 0.3) is 0 Å². The second-order valence-corrected chi connectivity index (χ2v) is 6.10. The van der Waals surface area contributed by atoms with Crippen LogP contribution in [0.15, 0.2) is 43.0 Å². The molecule has 0 spiro atoms. The van der Waals surface area contributed by atoms with E-state index in [4.69, 9.17) is 9.47 Å². The summed E-state index contributed by atoms with van der Waals surface area (Å²) in [4.78, 5) is 26.6. The fourth-order valence-corrected chi connectivity index (χ4v) is 3.09. The minimum atomic E-state index is -0.568. The van der Waals surface area contributed by atoms with Crippen molar-refractivity contribution in [1.82, 2.24) is 4.90 Å². The predicted octanol–water partition coefficient (Wildman–Crippen LogP) is 3.57. The molecule has 1 aliphatic rings. The third-order valence-electron chi connectivity index (χ3n) is 4.47. The van der Waals surface area contributed by atoms with Crippen molar-refractivity contribution in [3.8, 4) is 0 Å². The first-order chi connectivity index (χ1) is 11.6. The Bertz CT molecular complexity index is 572. The number of carbonyl (C=O) groups is 2. The number of ether oxygens (including phenoxy) is 2. The summed E-state index contributed by atoms with van der Waals surface area (Å²) in [6, 6.07) is 9.13. The van der Waals surface area contributed by atoms with Crippen molar-refractivity contribution in [3.63, 3.8) is 0 Å². The van der Waals surface area contributed by atoms with E-state index in [0.717, 1.165) is 5.56 Å². The molecule has 1 saturated heterocycles. The van der Waals surface area contributed by atoms with E-state index in [0.29, 0.717) is 19.4 Å². The van der Waals surface area contributed by atoms with Crippen molar-refractivity contribution in [1.29, 1.82) is 0 Å². The maximum absolute atomic E-state index is 13.1. The number of allylic oxidation sites excluding steroid dienone is 1. The smallest absolute Gasteiger partial charge is 0.417 e. The quantitative estimate of drug-likeness (QED) is 0.683. The van der Waals surface area contributed by atoms with E-state index >= 15 is 0 Å². The van der Waals surface area contributed by atoms with Crippen LogP contribution >= 0.6 is 0 Å². The summed E-state index contributed by atoms with van der Waals surface area (Å²) in [7, 11) is 1.61. The average molecular weight is 331 g/mol. The minimum absolute atomic E-state index is 0.0787. The van der Waals surface area contributed by atoms with E-state index in [-0.39, 0.29) is 30.4 Å². The van der Waals surface area contributed by atoms with Gasteiger partial charge < -0.3 is 9.47 Å². The number of rotatable bonds is 8. The predicted molar refractivity (Wildman–Crippen MR) is 91.3 cm³/mol. The van der Waals surface area contributed by atoms with Crippen LogP contribution < -0.4 is 0 Å². The number of methoxy groups -OCH3 is 1. The number of cyclic esters (lactones) is 1. The third kappa shape index (κ3) is 4.03. The molecule has 1 aromatic carbocycles. The number of hydrogen-bond donors (Lipinski definition) is 0. The van der Waals surface area contributed by atoms with Crippen LogP contribution in [0, 0.1) is 11.8 Å². The molecule has 2 amide bonds. The van der Waals surface area contributed by atoms with Gasteiger partial charge >= 0.3 is 6.09 Å². The lowest BCUT2D eigenvalue weighted by atomic mass is 9.87. The van der Waals surface area contributed by atoms with Gasteiger partial charge in [0.15, 0.2) is 0 Å². The summed E-state index contributed by atoms with van der Waals surface area (Å²) < 4.78 is 10.3. The topological polar surface area (TPSA) is 55.8 Å². The third-order valence-corrected chi connectivity index (χ3v) is 4.47. The molecule has 1 fully saturated rings. The molecule has 2 rings (SSSR count). The number of hydrogen-bond acceptors (Lipinski definition) is 4. The molecule has 0 bridgehead atoms. The van der Waals surface area contributed by atoms with Crippen LogP contribution in [0.4, 0.5) is 4.79 Å². The molecule has 0 radical (unpaired) electrons. The average Bonchev–Trinajstić information content (AvgIpc) is 2.97. The Balaban J connectivity index is 2.24. The fraction of sp³-hybridized carbons (Fsp3) is 0.474. The van der Waals surface area contributed by atoms with Crippen LogP contribution in [-0.2, 0) is 14.3 Å². The molecule has 1 heterocycles. The van der Waals surface area contributed by atoms with Crippen LogP contribution in [0.1, 0.15) is 31.4 Å². The molecule has 3 atom stereocenters. The maximum atomic E-state index is 13.1. The van der Waals surface area contributed by atoms with Crippen molar-refractivity contribution in [2.24, 2.45) is 11.8 Å². The van der Waals surface area contributed by atoms with E-state index in [2.05, 4.69) is 6.58 Å². The molecule has 0 N–H and O–H groups in total. The highest BCUT2D eigenvalue weighted by atomic mass is 16.6. The SMILES string of the molecule is C=CC[C@H](C)[C@@H](CCOC)C(=O)N1C(=O)OC[C@H]1c1ccccc1. The molecule has 5 nitrogen and oxygen atoms in total. The van der Waals surface area contributed by atoms with Gasteiger partial charge in [0.25, 0.3) is 0 Å². The molecule has 5 heteroatoms. The van der Waals surface area contributed by atoms with Gasteiger partial charge in [-0.05, 0) is 24.3 Å². The first kappa shape index (κ1) is 18.2. The largest absolute Gasteiger partial charge is 0.446 e. The summed E-state index contributed by atoms with van der Waals surface area (Å²) in [5.74, 6) is -0.424. The lowest BCUT2D eigenvalue weighted by Crippen LogP contribution is -2.41. The first-order valence-electron chi connectivity index (χ1n) is 8.24. The Morgan fingerprint density at radius 3 is 2.79 bits per heavy atom. The number of amides is 2. The molecular weight excluding hydrogens is 306 g/mol. The normalized spacial score (nSPS) is 19.7. The van der Waals surface area contributed by atoms with Gasteiger partial charge in [-0.2, -0.15) is 0 Å². The first-order valence-corrected chi connectivity index (χ1v) is 8.24. The number of carbonyl (C=O) groups excluding carboxylic acids is 2. The summed E-state index contributed by atoms with van der Waals surface area (Å²) in [6.45, 7) is 6.41. The van der Waals surface area contributed by atoms with Crippen molar-refractivity contribution in [3.05, 3.63) is 48.6 Å². The Labute approximate surface area is 143 Å². The maximum Gasteiger partial charge on any atom is 0.417 e. The molecule has 1 aliphatic heterocycles. The zero-order valence-corrected chi connectivity index (χ0v) is 14.3. The molecular formula is C19H25NO4. The Hall–Kier alpha value is -2.14. The zero-order valence-electron chi connectivity index (χ0n) is 14.3. The molecule has 1 aromatic rings. The van der Waals surface area contributed by atoms with Crippen LogP contribution in [-0.4, -0.2) is 37.2 Å². The van der Waals surface area contributed by atoms with E-state index in [9.17, 15) is 9.59 Å². The van der Waals surface area contributed by atoms with Crippen molar-refractivity contribution in [2.45, 2.75) is 25.8 Å². The second kappa shape index (κ2) is 8.64. The van der Waals surface area contributed by atoms with Crippen LogP contribution in [0.3, 0.4) is 0 Å². The Kier molecular flexibility index (Phi) is 6.55. The standard InChI is InChI=1S/C19H25NO4/c1-4-8-14(2)16(11-12-23-3)18(21)20-17(13-24-19(20)22)15-9-6-5-7-10-15/h4-7,9-10,14,16-17H,1,8,11-13H2,2-3H3/t14-,16+,17-/m0/s1. The van der Waals surface area contributed by atoms with Crippen molar-refractivity contribution >= 4 is 12.0 Å². The van der Waals surface area contributed by atoms with Gasteiger partial charge in [-0.1, -0.05) is 43.3 Å². The monoisotopic (exact) mass is 331 g/mol. The summed E-state index contributed by atoms with van der Waals surface area (Å²) in [5.41, 5.74) is 0.901. The lowest BCUT2D eigenvalue weighted by Gasteiger charge is -2.28. The molecule has 0 aromatic heterocycles. The second-order valence-electron chi connectivity index (χ2n) is 6.10. The molecule has 0 aliphatic carbocycles. The summed E-state index contributed by atoms with van der Waals surface area (Å²) >= 11 is 0. The summed E-state index contributed by atoms with van der Waals surface area (Å²) in [6.07, 6.45) is 2.51. The molecule has 24 heavy (non-hydrogen) atoms. The lowest BCUT2D eigenvalue weighted by molar-refractivity contribution is -0.135. The zero-order chi connectivity index (χ0) is 17.5. The van der Waals surface area contributed by atoms with Crippen molar-refractivity contribution in [2.75, 3.05) is 20.3 Å². The number of nitrogens with zero attached hydrogens (tertiary/aromatic N) is 1. The number of benzene rings is 1. The van der Waals surface area contributed by atoms with Gasteiger partial charge in [0, 0.05) is 19.6 Å². The summed E-state index contributed by atoms with van der Waals surface area (Å²) in [5, 5.41) is 0. The highest BCUT2D eigenvalue weighted by molar-refractivity contribution is 5.95. The fourth-order valence-electron chi connectivity index (χ4n) is 3.09. The number of imide groups is 1. The van der Waals surface area contributed by atoms with E-state index in [1.807, 2.05) is 37.3 Å². The van der Waals surface area contributed by atoms with Crippen LogP contribution in [0.2, 0.25) is 0 Å². The Morgan fingerprint density at radius 1 is 1.46 bits per heavy atom. The van der Waals surface area contributed by atoms with Crippen LogP contribution in [0.5, 0.6) is 0 Å². The molecule has 0 unspecified atom stereocenters. The highest BCUT2D eigenvalue weighted by Crippen LogP contribution is 2.32. The Morgan fingerprint density at radius 2 is 2.17 bits per heavy atom. The van der Waals surface area contributed by atoms with E-state index in [1.54, 1.807) is 13.2 Å². The molecule has 130 valence electrons.